The van der Waals surface area contributed by atoms with Gasteiger partial charge in [0.1, 0.15) is 0 Å². The van der Waals surface area contributed by atoms with Crippen LogP contribution in [0.5, 0.6) is 0 Å². The van der Waals surface area contributed by atoms with Gasteiger partial charge in [-0.1, -0.05) is 13.8 Å². The van der Waals surface area contributed by atoms with E-state index in [1.54, 1.807) is 0 Å². The van der Waals surface area contributed by atoms with Crippen molar-refractivity contribution < 1.29 is 0 Å². The highest BCUT2D eigenvalue weighted by molar-refractivity contribution is 9.11. The monoisotopic (exact) mass is 302 g/mol. The Morgan fingerprint density at radius 1 is 1.50 bits per heavy atom. The van der Waals surface area contributed by atoms with Gasteiger partial charge < -0.3 is 5.73 Å². The Morgan fingerprint density at radius 3 is 2.88 bits per heavy atom. The smallest absolute Gasteiger partial charge is 0.0749 e. The summed E-state index contributed by atoms with van der Waals surface area (Å²) in [6.45, 7) is 8.72. The quantitative estimate of drug-likeness (QED) is 0.930. The highest BCUT2D eigenvalue weighted by atomic mass is 79.9. The summed E-state index contributed by atoms with van der Waals surface area (Å²) in [5, 5.41) is 0. The summed E-state index contributed by atoms with van der Waals surface area (Å²) in [6.07, 6.45) is 1.16. The highest BCUT2D eigenvalue weighted by Gasteiger charge is 2.22. The molecule has 2 nitrogen and oxygen atoms in total. The maximum absolute atomic E-state index is 5.80. The van der Waals surface area contributed by atoms with Crippen molar-refractivity contribution in [2.45, 2.75) is 33.4 Å². The van der Waals surface area contributed by atoms with Gasteiger partial charge in [-0.2, -0.15) is 0 Å². The molecular formula is C12H19BrN2S. The molecule has 1 aromatic heterocycles. The zero-order valence-electron chi connectivity index (χ0n) is 9.92. The van der Waals surface area contributed by atoms with E-state index >= 15 is 0 Å². The van der Waals surface area contributed by atoms with Crippen LogP contribution in [-0.2, 0) is 19.5 Å². The van der Waals surface area contributed by atoms with Crippen LogP contribution < -0.4 is 5.73 Å². The van der Waals surface area contributed by atoms with E-state index < -0.39 is 0 Å². The Balaban J connectivity index is 2.15. The molecule has 2 rings (SSSR count). The van der Waals surface area contributed by atoms with E-state index in [0.29, 0.717) is 6.54 Å². The molecule has 0 amide bonds. The maximum atomic E-state index is 5.80. The van der Waals surface area contributed by atoms with E-state index in [0.717, 1.165) is 18.9 Å². The molecule has 90 valence electrons. The highest BCUT2D eigenvalue weighted by Crippen LogP contribution is 2.36. The van der Waals surface area contributed by atoms with E-state index in [9.17, 15) is 0 Å². The van der Waals surface area contributed by atoms with Gasteiger partial charge in [0.15, 0.2) is 0 Å². The van der Waals surface area contributed by atoms with Crippen molar-refractivity contribution in [2.75, 3.05) is 13.1 Å². The maximum Gasteiger partial charge on any atom is 0.0749 e. The Morgan fingerprint density at radius 2 is 2.25 bits per heavy atom. The topological polar surface area (TPSA) is 29.3 Å². The number of thiophene rings is 1. The molecule has 0 spiro atoms. The fraction of sp³-hybridized carbons (Fsp3) is 0.667. The fourth-order valence-electron chi connectivity index (χ4n) is 2.36. The molecule has 0 aromatic carbocycles. The van der Waals surface area contributed by atoms with E-state index in [1.807, 2.05) is 11.3 Å². The molecule has 4 heteroatoms. The SMILES string of the molecule is CC(C)CN1CCc2c(sc(Br)c2CN)C1. The summed E-state index contributed by atoms with van der Waals surface area (Å²) in [5.74, 6) is 0.749. The van der Waals surface area contributed by atoms with Gasteiger partial charge in [0.05, 0.1) is 3.79 Å². The van der Waals surface area contributed by atoms with Crippen molar-refractivity contribution >= 4 is 27.3 Å². The van der Waals surface area contributed by atoms with Crippen LogP contribution in [0.2, 0.25) is 0 Å². The third-order valence-electron chi connectivity index (χ3n) is 3.02. The molecule has 0 saturated carbocycles. The number of fused-ring (bicyclic) bond motifs is 1. The molecule has 2 heterocycles. The molecule has 0 unspecified atom stereocenters. The Kier molecular flexibility index (Phi) is 4.06. The van der Waals surface area contributed by atoms with Crippen LogP contribution in [0, 0.1) is 5.92 Å². The molecule has 0 fully saturated rings. The van der Waals surface area contributed by atoms with Gasteiger partial charge in [0.2, 0.25) is 0 Å². The van der Waals surface area contributed by atoms with Crippen molar-refractivity contribution in [1.29, 1.82) is 0 Å². The second-order valence-electron chi connectivity index (χ2n) is 4.84. The van der Waals surface area contributed by atoms with Crippen molar-refractivity contribution in [3.63, 3.8) is 0 Å². The van der Waals surface area contributed by atoms with Gasteiger partial charge in [0.25, 0.3) is 0 Å². The lowest BCUT2D eigenvalue weighted by atomic mass is 10.0. The van der Waals surface area contributed by atoms with E-state index in [1.165, 1.54) is 32.9 Å². The first-order valence-electron chi connectivity index (χ1n) is 5.83. The molecular weight excluding hydrogens is 284 g/mol. The lowest BCUT2D eigenvalue weighted by Gasteiger charge is -2.28. The Bertz CT molecular complexity index is 373. The largest absolute Gasteiger partial charge is 0.326 e. The van der Waals surface area contributed by atoms with Crippen LogP contribution in [0.4, 0.5) is 0 Å². The molecule has 0 atom stereocenters. The zero-order chi connectivity index (χ0) is 11.7. The first kappa shape index (κ1) is 12.6. The van der Waals surface area contributed by atoms with Crippen molar-refractivity contribution in [1.82, 2.24) is 4.90 Å². The average molecular weight is 303 g/mol. The van der Waals surface area contributed by atoms with E-state index in [2.05, 4.69) is 34.7 Å². The molecule has 1 aliphatic rings. The molecule has 1 aromatic rings. The molecule has 0 aliphatic carbocycles. The summed E-state index contributed by atoms with van der Waals surface area (Å²) in [7, 11) is 0. The average Bonchev–Trinajstić information content (AvgIpc) is 2.51. The lowest BCUT2D eigenvalue weighted by molar-refractivity contribution is 0.229. The summed E-state index contributed by atoms with van der Waals surface area (Å²) < 4.78 is 1.24. The zero-order valence-corrected chi connectivity index (χ0v) is 12.3. The summed E-state index contributed by atoms with van der Waals surface area (Å²) >= 11 is 5.50. The van der Waals surface area contributed by atoms with Crippen molar-refractivity contribution in [3.05, 3.63) is 19.8 Å². The minimum Gasteiger partial charge on any atom is -0.326 e. The van der Waals surface area contributed by atoms with Crippen molar-refractivity contribution in [3.8, 4) is 0 Å². The number of rotatable bonds is 3. The number of halogens is 1. The molecule has 0 bridgehead atoms. The third-order valence-corrected chi connectivity index (χ3v) is 5.04. The first-order valence-corrected chi connectivity index (χ1v) is 7.44. The summed E-state index contributed by atoms with van der Waals surface area (Å²) in [4.78, 5) is 4.06. The van der Waals surface area contributed by atoms with Crippen LogP contribution in [0.1, 0.15) is 29.9 Å². The summed E-state index contributed by atoms with van der Waals surface area (Å²) in [6, 6.07) is 0. The standard InChI is InChI=1S/C12H19BrN2S/c1-8(2)6-15-4-3-9-10(5-14)12(13)16-11(9)7-15/h8H,3-7,14H2,1-2H3. The van der Waals surface area contributed by atoms with Crippen LogP contribution in [0.15, 0.2) is 3.79 Å². The fourth-order valence-corrected chi connectivity index (χ4v) is 4.49. The second-order valence-corrected chi connectivity index (χ2v) is 7.26. The number of hydrogen-bond acceptors (Lipinski definition) is 3. The van der Waals surface area contributed by atoms with Gasteiger partial charge >= 0.3 is 0 Å². The third kappa shape index (κ3) is 2.50. The van der Waals surface area contributed by atoms with E-state index in [4.69, 9.17) is 5.73 Å². The van der Waals surface area contributed by atoms with Crippen LogP contribution in [0.25, 0.3) is 0 Å². The van der Waals surface area contributed by atoms with Gasteiger partial charge in [-0.05, 0) is 39.4 Å². The Hall–Kier alpha value is 0.1000. The van der Waals surface area contributed by atoms with Gasteiger partial charge in [-0.3, -0.25) is 4.90 Å². The predicted molar refractivity (Wildman–Crippen MR) is 73.7 cm³/mol. The number of nitrogens with zero attached hydrogens (tertiary/aromatic N) is 1. The molecule has 1 aliphatic heterocycles. The van der Waals surface area contributed by atoms with E-state index in [-0.39, 0.29) is 0 Å². The first-order chi connectivity index (χ1) is 7.61. The molecule has 0 saturated heterocycles. The summed E-state index contributed by atoms with van der Waals surface area (Å²) in [5.41, 5.74) is 8.65. The molecule has 16 heavy (non-hydrogen) atoms. The normalized spacial score (nSPS) is 16.8. The van der Waals surface area contributed by atoms with Gasteiger partial charge in [0, 0.05) is 31.1 Å². The Labute approximate surface area is 110 Å². The molecule has 2 N–H and O–H groups in total. The predicted octanol–water partition coefficient (Wildman–Crippen LogP) is 2.98. The van der Waals surface area contributed by atoms with Gasteiger partial charge in [-0.15, -0.1) is 11.3 Å². The molecule has 0 radical (unpaired) electrons. The number of hydrogen-bond donors (Lipinski definition) is 1. The van der Waals surface area contributed by atoms with Crippen LogP contribution >= 0.6 is 27.3 Å². The van der Waals surface area contributed by atoms with Crippen LogP contribution in [0.3, 0.4) is 0 Å². The number of nitrogens with two attached hydrogens (primary N) is 1. The second kappa shape index (κ2) is 5.17. The minimum atomic E-state index is 0.663. The minimum absolute atomic E-state index is 0.663. The van der Waals surface area contributed by atoms with Crippen LogP contribution in [-0.4, -0.2) is 18.0 Å². The lowest BCUT2D eigenvalue weighted by Crippen LogP contribution is -2.33. The van der Waals surface area contributed by atoms with Gasteiger partial charge in [-0.25, -0.2) is 0 Å². The van der Waals surface area contributed by atoms with Crippen molar-refractivity contribution in [2.24, 2.45) is 11.7 Å².